The molecular weight excluding hydrogens is 337 g/mol. The van der Waals surface area contributed by atoms with Crippen LogP contribution in [-0.2, 0) is 4.74 Å². The average molecular weight is 354 g/mol. The van der Waals surface area contributed by atoms with Gasteiger partial charge in [-0.25, -0.2) is 14.0 Å². The van der Waals surface area contributed by atoms with Gasteiger partial charge in [0.05, 0.1) is 17.3 Å². The van der Waals surface area contributed by atoms with Crippen molar-refractivity contribution in [3.8, 4) is 5.69 Å². The monoisotopic (exact) mass is 353 g/mol. The first-order valence-electron chi connectivity index (χ1n) is 7.35. The molecule has 0 saturated carbocycles. The normalized spacial score (nSPS) is 10.3. The quantitative estimate of drug-likeness (QED) is 0.807. The Hall–Kier alpha value is -2.54. The Bertz CT molecular complexity index is 761. The second kappa shape index (κ2) is 7.83. The van der Waals surface area contributed by atoms with E-state index in [1.54, 1.807) is 19.9 Å². The van der Waals surface area contributed by atoms with E-state index in [4.69, 9.17) is 16.3 Å². The van der Waals surface area contributed by atoms with Gasteiger partial charge >= 0.3 is 12.0 Å². The van der Waals surface area contributed by atoms with Crippen molar-refractivity contribution < 1.29 is 18.7 Å². The summed E-state index contributed by atoms with van der Waals surface area (Å²) in [4.78, 5) is 23.8. The van der Waals surface area contributed by atoms with Gasteiger partial charge in [0.25, 0.3) is 0 Å². The van der Waals surface area contributed by atoms with Gasteiger partial charge in [0.2, 0.25) is 0 Å². The van der Waals surface area contributed by atoms with Crippen LogP contribution in [0.1, 0.15) is 24.2 Å². The molecule has 1 aromatic heterocycles. The minimum Gasteiger partial charge on any atom is -0.462 e. The molecule has 0 saturated heterocycles. The molecule has 0 bridgehead atoms. The van der Waals surface area contributed by atoms with E-state index in [-0.39, 0.29) is 22.9 Å². The van der Waals surface area contributed by atoms with Gasteiger partial charge in [-0.1, -0.05) is 11.6 Å². The van der Waals surface area contributed by atoms with Gasteiger partial charge in [0.1, 0.15) is 11.4 Å². The van der Waals surface area contributed by atoms with Crippen LogP contribution < -0.4 is 10.6 Å². The van der Waals surface area contributed by atoms with Crippen LogP contribution in [0.15, 0.2) is 30.6 Å². The van der Waals surface area contributed by atoms with Crippen molar-refractivity contribution in [2.45, 2.75) is 13.8 Å². The number of nitrogens with one attached hydrogen (secondary N) is 2. The number of esters is 1. The second-order valence-corrected chi connectivity index (χ2v) is 5.20. The summed E-state index contributed by atoms with van der Waals surface area (Å²) in [5.41, 5.74) is 0.875. The summed E-state index contributed by atoms with van der Waals surface area (Å²) in [5, 5.41) is 5.14. The molecule has 1 aromatic carbocycles. The number of ether oxygens (including phenoxy) is 1. The summed E-state index contributed by atoms with van der Waals surface area (Å²) in [5.74, 6) is -1.17. The first-order valence-corrected chi connectivity index (χ1v) is 7.73. The molecule has 24 heavy (non-hydrogen) atoms. The molecule has 2 amide bonds. The maximum absolute atomic E-state index is 13.6. The van der Waals surface area contributed by atoms with Crippen LogP contribution in [0.25, 0.3) is 5.69 Å². The molecule has 0 fully saturated rings. The van der Waals surface area contributed by atoms with Crippen LogP contribution in [0, 0.1) is 5.82 Å². The first-order chi connectivity index (χ1) is 11.5. The molecule has 0 radical (unpaired) electrons. The summed E-state index contributed by atoms with van der Waals surface area (Å²) in [6, 6.07) is 3.78. The molecule has 0 aliphatic rings. The smallest absolute Gasteiger partial charge is 0.341 e. The Kier molecular flexibility index (Phi) is 5.81. The van der Waals surface area contributed by atoms with E-state index in [1.807, 2.05) is 0 Å². The van der Waals surface area contributed by atoms with Gasteiger partial charge in [0.15, 0.2) is 0 Å². The van der Waals surface area contributed by atoms with Crippen LogP contribution in [-0.4, -0.2) is 29.7 Å². The van der Waals surface area contributed by atoms with Crippen LogP contribution in [0.3, 0.4) is 0 Å². The topological polar surface area (TPSA) is 72.4 Å². The zero-order valence-corrected chi connectivity index (χ0v) is 14.0. The standard InChI is InChI=1S/C16H17ClFN3O3/c1-3-19-16(23)20-14-9-21(8-11(14)15(22)24-4-2)10-5-6-12(17)13(18)7-10/h5-9H,3-4H2,1-2H3,(H2,19,20,23). The third-order valence-electron chi connectivity index (χ3n) is 3.11. The number of halogens is 2. The molecule has 0 spiro atoms. The van der Waals surface area contributed by atoms with E-state index in [2.05, 4.69) is 10.6 Å². The fraction of sp³-hybridized carbons (Fsp3) is 0.250. The lowest BCUT2D eigenvalue weighted by Gasteiger charge is -2.06. The van der Waals surface area contributed by atoms with Crippen LogP contribution in [0.5, 0.6) is 0 Å². The fourth-order valence-electron chi connectivity index (χ4n) is 2.05. The zero-order valence-electron chi connectivity index (χ0n) is 13.2. The van der Waals surface area contributed by atoms with E-state index < -0.39 is 17.8 Å². The van der Waals surface area contributed by atoms with Crippen LogP contribution in [0.2, 0.25) is 5.02 Å². The van der Waals surface area contributed by atoms with Crippen molar-refractivity contribution >= 4 is 29.3 Å². The van der Waals surface area contributed by atoms with E-state index in [1.165, 1.54) is 29.1 Å². The minimum atomic E-state index is -0.586. The molecule has 8 heteroatoms. The molecule has 0 aliphatic heterocycles. The van der Waals surface area contributed by atoms with Crippen LogP contribution >= 0.6 is 11.6 Å². The predicted octanol–water partition coefficient (Wildman–Crippen LogP) is 3.59. The van der Waals surface area contributed by atoms with Crippen molar-refractivity contribution in [2.24, 2.45) is 0 Å². The Morgan fingerprint density at radius 2 is 2.04 bits per heavy atom. The van der Waals surface area contributed by atoms with Crippen molar-refractivity contribution in [3.63, 3.8) is 0 Å². The van der Waals surface area contributed by atoms with Gasteiger partial charge in [-0.3, -0.25) is 0 Å². The highest BCUT2D eigenvalue weighted by Gasteiger charge is 2.18. The fourth-order valence-corrected chi connectivity index (χ4v) is 2.16. The van der Waals surface area contributed by atoms with E-state index in [0.717, 1.165) is 0 Å². The summed E-state index contributed by atoms with van der Waals surface area (Å²) in [6.45, 7) is 4.08. The summed E-state index contributed by atoms with van der Waals surface area (Å²) < 4.78 is 20.1. The lowest BCUT2D eigenvalue weighted by Crippen LogP contribution is -2.28. The Morgan fingerprint density at radius 3 is 2.67 bits per heavy atom. The minimum absolute atomic E-state index is 0.00260. The Morgan fingerprint density at radius 1 is 1.29 bits per heavy atom. The molecule has 6 nitrogen and oxygen atoms in total. The largest absolute Gasteiger partial charge is 0.462 e. The maximum Gasteiger partial charge on any atom is 0.341 e. The molecule has 1 heterocycles. The SMILES string of the molecule is CCNC(=O)Nc1cn(-c2ccc(Cl)c(F)c2)cc1C(=O)OCC. The molecule has 2 aromatic rings. The summed E-state index contributed by atoms with van der Waals surface area (Å²) in [7, 11) is 0. The number of amides is 2. The molecule has 0 unspecified atom stereocenters. The highest BCUT2D eigenvalue weighted by atomic mass is 35.5. The highest BCUT2D eigenvalue weighted by molar-refractivity contribution is 6.30. The predicted molar refractivity (Wildman–Crippen MR) is 89.4 cm³/mol. The second-order valence-electron chi connectivity index (χ2n) is 4.80. The number of hydrogen-bond donors (Lipinski definition) is 2. The molecule has 2 rings (SSSR count). The Labute approximate surface area is 143 Å². The molecule has 0 aliphatic carbocycles. The van der Waals surface area contributed by atoms with Gasteiger partial charge in [-0.2, -0.15) is 0 Å². The third-order valence-corrected chi connectivity index (χ3v) is 3.42. The molecule has 2 N–H and O–H groups in total. The lowest BCUT2D eigenvalue weighted by molar-refractivity contribution is 0.0527. The lowest BCUT2D eigenvalue weighted by atomic mass is 10.3. The van der Waals surface area contributed by atoms with E-state index >= 15 is 0 Å². The molecule has 128 valence electrons. The van der Waals surface area contributed by atoms with E-state index in [0.29, 0.717) is 12.2 Å². The average Bonchev–Trinajstić information content (AvgIpc) is 2.94. The first kappa shape index (κ1) is 17.8. The number of carbonyl (C=O) groups excluding carboxylic acids is 2. The number of nitrogens with zero attached hydrogens (tertiary/aromatic N) is 1. The van der Waals surface area contributed by atoms with Gasteiger partial charge in [-0.05, 0) is 32.0 Å². The van der Waals surface area contributed by atoms with Crippen molar-refractivity contribution in [2.75, 3.05) is 18.5 Å². The summed E-state index contributed by atoms with van der Waals surface area (Å²) in [6.07, 6.45) is 2.96. The summed E-state index contributed by atoms with van der Waals surface area (Å²) >= 11 is 5.68. The van der Waals surface area contributed by atoms with Crippen molar-refractivity contribution in [1.82, 2.24) is 9.88 Å². The van der Waals surface area contributed by atoms with Gasteiger partial charge in [-0.15, -0.1) is 0 Å². The number of anilines is 1. The number of rotatable bonds is 5. The van der Waals surface area contributed by atoms with Crippen LogP contribution in [0.4, 0.5) is 14.9 Å². The molecular formula is C16H17ClFN3O3. The molecule has 0 atom stereocenters. The maximum atomic E-state index is 13.6. The number of aromatic nitrogens is 1. The van der Waals surface area contributed by atoms with E-state index in [9.17, 15) is 14.0 Å². The van der Waals surface area contributed by atoms with Gasteiger partial charge in [0, 0.05) is 24.6 Å². The number of urea groups is 1. The van der Waals surface area contributed by atoms with Crippen molar-refractivity contribution in [3.05, 3.63) is 47.0 Å². The van der Waals surface area contributed by atoms with Gasteiger partial charge < -0.3 is 19.9 Å². The number of hydrogen-bond acceptors (Lipinski definition) is 3. The van der Waals surface area contributed by atoms with Crippen molar-refractivity contribution in [1.29, 1.82) is 0 Å². The zero-order chi connectivity index (χ0) is 17.7. The number of carbonyl (C=O) groups is 2. The Balaban J connectivity index is 2.40. The third kappa shape index (κ3) is 4.05. The highest BCUT2D eigenvalue weighted by Crippen LogP contribution is 2.24. The number of benzene rings is 1.